The Morgan fingerprint density at radius 3 is 2.76 bits per heavy atom. The van der Waals surface area contributed by atoms with Gasteiger partial charge in [-0.15, -0.1) is 0 Å². The van der Waals surface area contributed by atoms with Crippen molar-refractivity contribution in [2.45, 2.75) is 33.2 Å². The van der Waals surface area contributed by atoms with E-state index < -0.39 is 17.4 Å². The van der Waals surface area contributed by atoms with Gasteiger partial charge in [-0.1, -0.05) is 25.1 Å². The molecule has 2 N–H and O–H groups in total. The van der Waals surface area contributed by atoms with Crippen LogP contribution < -0.4 is 10.9 Å². The van der Waals surface area contributed by atoms with Crippen molar-refractivity contribution < 1.29 is 4.39 Å². The van der Waals surface area contributed by atoms with Crippen LogP contribution in [-0.2, 0) is 0 Å². The highest BCUT2D eigenvalue weighted by Crippen LogP contribution is 2.28. The molecule has 0 bridgehead atoms. The minimum Gasteiger partial charge on any atom is -0.358 e. The molecule has 0 spiro atoms. The largest absolute Gasteiger partial charge is 0.358 e. The van der Waals surface area contributed by atoms with Gasteiger partial charge in [-0.2, -0.15) is 0 Å². The van der Waals surface area contributed by atoms with E-state index in [2.05, 4.69) is 25.3 Å². The number of halogens is 1. The standard InChI is InChI=1S/C24H22FN7O/c1-4-16(30-22-20-21(27-11-26-20)28-12-29-22)23-31-17-9-6-8-15(25)19(17)24(33)32(23)18-10-5-7-13(2)14(18)3/h5-12,16H,4H2,1-3H3,(H2,26,27,28,29,30). The Kier molecular flexibility index (Phi) is 5.08. The predicted molar refractivity (Wildman–Crippen MR) is 125 cm³/mol. The third kappa shape index (κ3) is 3.42. The molecule has 8 nitrogen and oxygen atoms in total. The van der Waals surface area contributed by atoms with Gasteiger partial charge in [0.25, 0.3) is 5.56 Å². The Morgan fingerprint density at radius 1 is 1.12 bits per heavy atom. The molecule has 3 heterocycles. The van der Waals surface area contributed by atoms with Crippen LogP contribution in [0.3, 0.4) is 0 Å². The van der Waals surface area contributed by atoms with Crippen molar-refractivity contribution >= 4 is 27.9 Å². The Hall–Kier alpha value is -4.14. The summed E-state index contributed by atoms with van der Waals surface area (Å²) >= 11 is 0. The Balaban J connectivity index is 1.78. The van der Waals surface area contributed by atoms with Gasteiger partial charge in [-0.3, -0.25) is 9.36 Å². The first-order chi connectivity index (χ1) is 16.0. The van der Waals surface area contributed by atoms with Gasteiger partial charge in [0.05, 0.1) is 23.6 Å². The van der Waals surface area contributed by atoms with E-state index in [1.54, 1.807) is 18.5 Å². The molecular weight excluding hydrogens is 421 g/mol. The molecule has 5 rings (SSSR count). The number of rotatable bonds is 5. The predicted octanol–water partition coefficient (Wildman–Crippen LogP) is 4.37. The van der Waals surface area contributed by atoms with E-state index in [4.69, 9.17) is 4.98 Å². The molecule has 0 saturated heterocycles. The van der Waals surface area contributed by atoms with E-state index in [0.29, 0.717) is 40.4 Å². The zero-order chi connectivity index (χ0) is 23.1. The topological polar surface area (TPSA) is 101 Å². The first-order valence-electron chi connectivity index (χ1n) is 10.7. The highest BCUT2D eigenvalue weighted by molar-refractivity contribution is 5.82. The third-order valence-electron chi connectivity index (χ3n) is 5.94. The highest BCUT2D eigenvalue weighted by Gasteiger charge is 2.23. The number of imidazole rings is 1. The van der Waals surface area contributed by atoms with Crippen molar-refractivity contribution in [2.75, 3.05) is 5.32 Å². The minimum absolute atomic E-state index is 0.0324. The number of benzene rings is 2. The number of anilines is 1. The Bertz CT molecular complexity index is 1560. The first-order valence-corrected chi connectivity index (χ1v) is 10.7. The van der Waals surface area contributed by atoms with Crippen LogP contribution in [0.15, 0.2) is 53.8 Å². The fourth-order valence-corrected chi connectivity index (χ4v) is 4.04. The molecule has 0 aliphatic heterocycles. The van der Waals surface area contributed by atoms with Crippen LogP contribution in [0.5, 0.6) is 0 Å². The van der Waals surface area contributed by atoms with Crippen molar-refractivity contribution in [1.29, 1.82) is 0 Å². The summed E-state index contributed by atoms with van der Waals surface area (Å²) in [6.45, 7) is 5.90. The maximum Gasteiger partial charge on any atom is 0.269 e. The summed E-state index contributed by atoms with van der Waals surface area (Å²) in [5.74, 6) is 0.428. The van der Waals surface area contributed by atoms with Gasteiger partial charge in [0.15, 0.2) is 11.5 Å². The lowest BCUT2D eigenvalue weighted by Gasteiger charge is -2.23. The third-order valence-corrected chi connectivity index (χ3v) is 5.94. The molecule has 0 saturated carbocycles. The van der Waals surface area contributed by atoms with Crippen LogP contribution in [-0.4, -0.2) is 29.5 Å². The molecule has 0 amide bonds. The molecule has 33 heavy (non-hydrogen) atoms. The summed E-state index contributed by atoms with van der Waals surface area (Å²) in [4.78, 5) is 34.2. The van der Waals surface area contributed by atoms with Crippen LogP contribution in [0.4, 0.5) is 10.2 Å². The number of aromatic amines is 1. The number of hydrogen-bond donors (Lipinski definition) is 2. The van der Waals surface area contributed by atoms with Gasteiger partial charge in [0.2, 0.25) is 0 Å². The van der Waals surface area contributed by atoms with E-state index in [-0.39, 0.29) is 5.39 Å². The monoisotopic (exact) mass is 443 g/mol. The SMILES string of the molecule is CCC(Nc1ncnc2nc[nH]c12)c1nc2cccc(F)c2c(=O)n1-c1cccc(C)c1C. The number of fused-ring (bicyclic) bond motifs is 2. The van der Waals surface area contributed by atoms with Crippen LogP contribution in [0.2, 0.25) is 0 Å². The molecule has 5 aromatic rings. The zero-order valence-corrected chi connectivity index (χ0v) is 18.4. The van der Waals surface area contributed by atoms with Crippen LogP contribution in [0.25, 0.3) is 27.8 Å². The van der Waals surface area contributed by atoms with Crippen molar-refractivity contribution in [1.82, 2.24) is 29.5 Å². The summed E-state index contributed by atoms with van der Waals surface area (Å²) in [5.41, 5.74) is 3.66. The number of nitrogens with zero attached hydrogens (tertiary/aromatic N) is 5. The quantitative estimate of drug-likeness (QED) is 0.418. The number of aromatic nitrogens is 6. The molecule has 166 valence electrons. The molecule has 0 aliphatic rings. The molecule has 9 heteroatoms. The Morgan fingerprint density at radius 2 is 1.94 bits per heavy atom. The lowest BCUT2D eigenvalue weighted by molar-refractivity contribution is 0.629. The van der Waals surface area contributed by atoms with Crippen molar-refractivity contribution in [2.24, 2.45) is 0 Å². The molecule has 3 aromatic heterocycles. The second-order valence-electron chi connectivity index (χ2n) is 7.89. The number of hydrogen-bond acceptors (Lipinski definition) is 6. The first kappa shape index (κ1) is 20.7. The van der Waals surface area contributed by atoms with E-state index in [9.17, 15) is 9.18 Å². The molecule has 1 unspecified atom stereocenters. The molecule has 1 atom stereocenters. The summed E-state index contributed by atoms with van der Waals surface area (Å²) in [5, 5.41) is 3.35. The van der Waals surface area contributed by atoms with Crippen LogP contribution >= 0.6 is 0 Å². The molecule has 2 aromatic carbocycles. The molecule has 0 radical (unpaired) electrons. The van der Waals surface area contributed by atoms with Crippen molar-refractivity contribution in [3.05, 3.63) is 82.2 Å². The second-order valence-corrected chi connectivity index (χ2v) is 7.89. The van der Waals surface area contributed by atoms with Gasteiger partial charge in [0, 0.05) is 0 Å². The Labute approximate surface area is 188 Å². The van der Waals surface area contributed by atoms with E-state index in [0.717, 1.165) is 11.1 Å². The fourth-order valence-electron chi connectivity index (χ4n) is 4.04. The summed E-state index contributed by atoms with van der Waals surface area (Å²) in [7, 11) is 0. The lowest BCUT2D eigenvalue weighted by atomic mass is 10.1. The van der Waals surface area contributed by atoms with Crippen LogP contribution in [0, 0.1) is 19.7 Å². The zero-order valence-electron chi connectivity index (χ0n) is 18.4. The number of nitrogens with one attached hydrogen (secondary N) is 2. The average molecular weight is 443 g/mol. The number of H-pyrrole nitrogens is 1. The van der Waals surface area contributed by atoms with Gasteiger partial charge in [-0.25, -0.2) is 24.3 Å². The minimum atomic E-state index is -0.591. The van der Waals surface area contributed by atoms with Gasteiger partial charge < -0.3 is 10.3 Å². The van der Waals surface area contributed by atoms with Crippen molar-refractivity contribution in [3.8, 4) is 5.69 Å². The van der Waals surface area contributed by atoms with Gasteiger partial charge in [-0.05, 0) is 49.6 Å². The van der Waals surface area contributed by atoms with Gasteiger partial charge in [0.1, 0.15) is 28.9 Å². The van der Waals surface area contributed by atoms with Gasteiger partial charge >= 0.3 is 0 Å². The lowest BCUT2D eigenvalue weighted by Crippen LogP contribution is -2.29. The highest BCUT2D eigenvalue weighted by atomic mass is 19.1. The normalized spacial score (nSPS) is 12.4. The smallest absolute Gasteiger partial charge is 0.269 e. The molecule has 0 aliphatic carbocycles. The maximum absolute atomic E-state index is 14.7. The number of aryl methyl sites for hydroxylation is 1. The maximum atomic E-state index is 14.7. The molecule has 0 fully saturated rings. The van der Waals surface area contributed by atoms with E-state index in [1.165, 1.54) is 17.0 Å². The van der Waals surface area contributed by atoms with E-state index >= 15 is 0 Å². The summed E-state index contributed by atoms with van der Waals surface area (Å²) < 4.78 is 16.2. The van der Waals surface area contributed by atoms with E-state index in [1.807, 2.05) is 39.0 Å². The molecular formula is C24H22FN7O. The fraction of sp³-hybridized carbons (Fsp3) is 0.208. The van der Waals surface area contributed by atoms with Crippen LogP contribution in [0.1, 0.15) is 36.3 Å². The second kappa shape index (κ2) is 8.09. The summed E-state index contributed by atoms with van der Waals surface area (Å²) in [6, 6.07) is 9.81. The summed E-state index contributed by atoms with van der Waals surface area (Å²) in [6.07, 6.45) is 3.57. The van der Waals surface area contributed by atoms with Crippen molar-refractivity contribution in [3.63, 3.8) is 0 Å². The average Bonchev–Trinajstić information content (AvgIpc) is 3.29.